The van der Waals surface area contributed by atoms with Crippen LogP contribution in [0, 0.1) is 11.8 Å². The zero-order valence-corrected chi connectivity index (χ0v) is 8.59. The fourth-order valence-corrected chi connectivity index (χ4v) is 2.34. The van der Waals surface area contributed by atoms with Crippen molar-refractivity contribution in [2.24, 2.45) is 11.8 Å². The molecule has 0 aliphatic heterocycles. The second-order valence-electron chi connectivity index (χ2n) is 4.40. The fraction of sp³-hybridized carbons (Fsp3) is 0.538. The van der Waals surface area contributed by atoms with Crippen molar-refractivity contribution in [1.82, 2.24) is 0 Å². The quantitative estimate of drug-likeness (QED) is 0.529. The van der Waals surface area contributed by atoms with E-state index in [2.05, 4.69) is 38.2 Å². The summed E-state index contributed by atoms with van der Waals surface area (Å²) in [6, 6.07) is 0. The summed E-state index contributed by atoms with van der Waals surface area (Å²) in [5, 5.41) is 0. The summed E-state index contributed by atoms with van der Waals surface area (Å²) in [7, 11) is 0. The van der Waals surface area contributed by atoms with E-state index in [1.165, 1.54) is 19.3 Å². The first kappa shape index (κ1) is 8.80. The summed E-state index contributed by atoms with van der Waals surface area (Å²) in [6.07, 6.45) is 13.2. The van der Waals surface area contributed by atoms with Crippen LogP contribution in [0.5, 0.6) is 0 Å². The van der Waals surface area contributed by atoms with Gasteiger partial charge >= 0.3 is 0 Å². The summed E-state index contributed by atoms with van der Waals surface area (Å²) in [6.45, 7) is 4.63. The Labute approximate surface area is 81.0 Å². The molecule has 2 rings (SSSR count). The van der Waals surface area contributed by atoms with Gasteiger partial charge < -0.3 is 0 Å². The second kappa shape index (κ2) is 3.53. The normalized spacial score (nSPS) is 26.8. The number of allylic oxidation sites excluding steroid dienone is 6. The molecule has 0 radical (unpaired) electrons. The Balaban J connectivity index is 2.29. The van der Waals surface area contributed by atoms with Crippen LogP contribution in [-0.2, 0) is 0 Å². The van der Waals surface area contributed by atoms with E-state index in [4.69, 9.17) is 0 Å². The molecule has 1 unspecified atom stereocenters. The summed E-state index contributed by atoms with van der Waals surface area (Å²) >= 11 is 0. The lowest BCUT2D eigenvalue weighted by Crippen LogP contribution is -2.14. The van der Waals surface area contributed by atoms with Crippen LogP contribution in [0.2, 0.25) is 0 Å². The molecule has 2 aliphatic carbocycles. The molecule has 0 amide bonds. The zero-order chi connectivity index (χ0) is 9.26. The summed E-state index contributed by atoms with van der Waals surface area (Å²) in [4.78, 5) is 0. The Morgan fingerprint density at radius 3 is 2.92 bits per heavy atom. The van der Waals surface area contributed by atoms with Crippen molar-refractivity contribution in [3.05, 3.63) is 35.5 Å². The molecule has 0 aromatic heterocycles. The predicted octanol–water partition coefficient (Wildman–Crippen LogP) is 3.87. The van der Waals surface area contributed by atoms with E-state index < -0.39 is 0 Å². The van der Waals surface area contributed by atoms with E-state index >= 15 is 0 Å². The summed E-state index contributed by atoms with van der Waals surface area (Å²) < 4.78 is 0. The van der Waals surface area contributed by atoms with Crippen molar-refractivity contribution in [3.63, 3.8) is 0 Å². The number of rotatable bonds is 1. The molecule has 0 saturated carbocycles. The monoisotopic (exact) mass is 174 g/mol. The topological polar surface area (TPSA) is 0 Å². The molecule has 0 saturated heterocycles. The van der Waals surface area contributed by atoms with Crippen LogP contribution in [-0.4, -0.2) is 0 Å². The van der Waals surface area contributed by atoms with Crippen LogP contribution < -0.4 is 0 Å². The van der Waals surface area contributed by atoms with Crippen molar-refractivity contribution in [1.29, 1.82) is 0 Å². The van der Waals surface area contributed by atoms with Crippen molar-refractivity contribution in [2.45, 2.75) is 33.1 Å². The van der Waals surface area contributed by atoms with Gasteiger partial charge in [-0.05, 0) is 30.8 Å². The molecular weight excluding hydrogens is 156 g/mol. The van der Waals surface area contributed by atoms with Gasteiger partial charge in [-0.3, -0.25) is 0 Å². The minimum absolute atomic E-state index is 0.681. The molecule has 0 fully saturated rings. The van der Waals surface area contributed by atoms with Crippen LogP contribution in [0.15, 0.2) is 35.5 Å². The lowest BCUT2D eigenvalue weighted by molar-refractivity contribution is 0.519. The van der Waals surface area contributed by atoms with Gasteiger partial charge in [0.1, 0.15) is 0 Å². The van der Waals surface area contributed by atoms with Gasteiger partial charge in [-0.15, -0.1) is 0 Å². The summed E-state index contributed by atoms with van der Waals surface area (Å²) in [5.74, 6) is 1.42. The first-order valence-corrected chi connectivity index (χ1v) is 5.34. The molecular formula is C13H18. The first-order valence-electron chi connectivity index (χ1n) is 5.34. The van der Waals surface area contributed by atoms with Gasteiger partial charge in [-0.1, -0.05) is 43.7 Å². The highest BCUT2D eigenvalue weighted by atomic mass is 14.3. The third kappa shape index (κ3) is 1.63. The van der Waals surface area contributed by atoms with Gasteiger partial charge in [0.25, 0.3) is 0 Å². The van der Waals surface area contributed by atoms with Gasteiger partial charge in [0.2, 0.25) is 0 Å². The molecule has 0 spiro atoms. The number of hydrogen-bond acceptors (Lipinski definition) is 0. The molecule has 0 heteroatoms. The maximum atomic E-state index is 2.39. The maximum absolute atomic E-state index is 2.39. The Morgan fingerprint density at radius 1 is 1.31 bits per heavy atom. The van der Waals surface area contributed by atoms with E-state index in [0.717, 1.165) is 5.92 Å². The van der Waals surface area contributed by atoms with E-state index in [-0.39, 0.29) is 0 Å². The highest BCUT2D eigenvalue weighted by molar-refractivity contribution is 5.38. The number of hydrogen-bond donors (Lipinski definition) is 0. The SMILES string of the molecule is CC(C)C1C=CCC2=C1C=CCC2. The minimum Gasteiger partial charge on any atom is -0.0839 e. The van der Waals surface area contributed by atoms with E-state index in [1.807, 2.05) is 0 Å². The minimum atomic E-state index is 0.681. The van der Waals surface area contributed by atoms with Crippen molar-refractivity contribution in [2.75, 3.05) is 0 Å². The van der Waals surface area contributed by atoms with E-state index in [1.54, 1.807) is 11.1 Å². The molecule has 0 aromatic rings. The van der Waals surface area contributed by atoms with Crippen LogP contribution >= 0.6 is 0 Å². The smallest absolute Gasteiger partial charge is 0.00406 e. The van der Waals surface area contributed by atoms with Crippen LogP contribution in [0.25, 0.3) is 0 Å². The first-order chi connectivity index (χ1) is 6.29. The summed E-state index contributed by atoms with van der Waals surface area (Å²) in [5.41, 5.74) is 3.30. The Bertz CT molecular complexity index is 276. The van der Waals surface area contributed by atoms with Crippen LogP contribution in [0.3, 0.4) is 0 Å². The van der Waals surface area contributed by atoms with Crippen LogP contribution in [0.1, 0.15) is 33.1 Å². The predicted molar refractivity (Wildman–Crippen MR) is 57.5 cm³/mol. The van der Waals surface area contributed by atoms with Gasteiger partial charge in [-0.2, -0.15) is 0 Å². The largest absolute Gasteiger partial charge is 0.0839 e. The van der Waals surface area contributed by atoms with Gasteiger partial charge in [0.15, 0.2) is 0 Å². The molecule has 0 aromatic carbocycles. The van der Waals surface area contributed by atoms with Crippen molar-refractivity contribution in [3.8, 4) is 0 Å². The highest BCUT2D eigenvalue weighted by Gasteiger charge is 2.20. The third-order valence-corrected chi connectivity index (χ3v) is 3.10. The lowest BCUT2D eigenvalue weighted by Gasteiger charge is -2.27. The van der Waals surface area contributed by atoms with Crippen LogP contribution in [0.4, 0.5) is 0 Å². The van der Waals surface area contributed by atoms with Gasteiger partial charge in [0, 0.05) is 5.92 Å². The Kier molecular flexibility index (Phi) is 2.39. The average Bonchev–Trinajstić information content (AvgIpc) is 2.17. The van der Waals surface area contributed by atoms with Gasteiger partial charge in [-0.25, -0.2) is 0 Å². The maximum Gasteiger partial charge on any atom is 0.00406 e. The molecule has 0 heterocycles. The zero-order valence-electron chi connectivity index (χ0n) is 8.59. The highest BCUT2D eigenvalue weighted by Crippen LogP contribution is 2.35. The van der Waals surface area contributed by atoms with Crippen molar-refractivity contribution >= 4 is 0 Å². The lowest BCUT2D eigenvalue weighted by atomic mass is 9.78. The Morgan fingerprint density at radius 2 is 2.15 bits per heavy atom. The van der Waals surface area contributed by atoms with Crippen molar-refractivity contribution < 1.29 is 0 Å². The molecule has 70 valence electrons. The molecule has 13 heavy (non-hydrogen) atoms. The molecule has 1 atom stereocenters. The second-order valence-corrected chi connectivity index (χ2v) is 4.40. The van der Waals surface area contributed by atoms with E-state index in [9.17, 15) is 0 Å². The average molecular weight is 174 g/mol. The molecule has 0 bridgehead atoms. The Hall–Kier alpha value is -0.780. The van der Waals surface area contributed by atoms with Gasteiger partial charge in [0.05, 0.1) is 0 Å². The fourth-order valence-electron chi connectivity index (χ4n) is 2.34. The molecule has 2 aliphatic rings. The van der Waals surface area contributed by atoms with E-state index in [0.29, 0.717) is 5.92 Å². The molecule has 0 N–H and O–H groups in total. The third-order valence-electron chi connectivity index (χ3n) is 3.10. The standard InChI is InChI=1S/C13H18/c1-10(2)12-9-5-7-11-6-3-4-8-13(11)12/h4-5,8-10,12H,3,6-7H2,1-2H3. The molecule has 0 nitrogen and oxygen atoms in total.